The molecule has 0 spiro atoms. The molecule has 0 aliphatic rings. The van der Waals surface area contributed by atoms with Gasteiger partial charge in [-0.05, 0) is 35.5 Å². The van der Waals surface area contributed by atoms with Crippen LogP contribution in [0.3, 0.4) is 0 Å². The molecule has 0 aliphatic heterocycles. The van der Waals surface area contributed by atoms with Crippen LogP contribution in [-0.2, 0) is 6.54 Å². The van der Waals surface area contributed by atoms with E-state index in [2.05, 4.69) is 15.5 Å². The number of rotatable bonds is 2. The molecule has 4 N–H and O–H groups in total. The minimum absolute atomic E-state index is 0.607. The maximum atomic E-state index is 5.70. The highest BCUT2D eigenvalue weighted by Gasteiger charge is 2.08. The Morgan fingerprint density at radius 2 is 1.87 bits per heavy atom. The van der Waals surface area contributed by atoms with Gasteiger partial charge in [0, 0.05) is 23.5 Å². The molecule has 6 heteroatoms. The molecule has 0 amide bonds. The van der Waals surface area contributed by atoms with Crippen LogP contribution >= 0.6 is 0 Å². The van der Waals surface area contributed by atoms with E-state index in [9.17, 15) is 0 Å². The molecule has 0 aliphatic carbocycles. The van der Waals surface area contributed by atoms with Gasteiger partial charge in [0.1, 0.15) is 0 Å². The smallest absolute Gasteiger partial charge is 0.182 e. The second-order valence-electron chi connectivity index (χ2n) is 3.21. The molecule has 1 heterocycles. The van der Waals surface area contributed by atoms with Crippen molar-refractivity contribution < 1.29 is 0 Å². The number of hydrogen-bond acceptors (Lipinski definition) is 5. The molecule has 1 aromatic heterocycles. The summed E-state index contributed by atoms with van der Waals surface area (Å²) in [6.07, 6.45) is 0. The number of nitrogens with two attached hydrogens (primary N) is 2. The first-order chi connectivity index (χ1) is 7.20. The molecule has 1 aromatic carbocycles. The van der Waals surface area contributed by atoms with E-state index in [1.54, 1.807) is 22.9 Å². The van der Waals surface area contributed by atoms with Crippen molar-refractivity contribution in [3.05, 3.63) is 18.2 Å². The molecule has 0 saturated carbocycles. The summed E-state index contributed by atoms with van der Waals surface area (Å²) in [6.45, 7) is 2.67. The highest BCUT2D eigenvalue weighted by molar-refractivity contribution is 5.67. The molecule has 2 aromatic rings. The van der Waals surface area contributed by atoms with Crippen LogP contribution in [0.4, 0.5) is 11.4 Å². The average molecular weight is 204 g/mol. The van der Waals surface area contributed by atoms with Gasteiger partial charge >= 0.3 is 0 Å². The van der Waals surface area contributed by atoms with Crippen molar-refractivity contribution >= 4 is 11.4 Å². The predicted octanol–water partition coefficient (Wildman–Crippen LogP) is 0.524. The number of nitrogen functional groups attached to an aromatic ring is 2. The predicted molar refractivity (Wildman–Crippen MR) is 57.8 cm³/mol. The van der Waals surface area contributed by atoms with E-state index < -0.39 is 0 Å². The first-order valence-electron chi connectivity index (χ1n) is 4.63. The van der Waals surface area contributed by atoms with Crippen molar-refractivity contribution in [1.29, 1.82) is 0 Å². The Balaban J connectivity index is 2.53. The Kier molecular flexibility index (Phi) is 2.24. The number of tetrazole rings is 1. The molecule has 0 saturated heterocycles. The van der Waals surface area contributed by atoms with Gasteiger partial charge in [0.25, 0.3) is 0 Å². The first kappa shape index (κ1) is 9.45. The zero-order chi connectivity index (χ0) is 10.8. The van der Waals surface area contributed by atoms with Crippen molar-refractivity contribution in [3.63, 3.8) is 0 Å². The van der Waals surface area contributed by atoms with E-state index in [4.69, 9.17) is 11.5 Å². The van der Waals surface area contributed by atoms with Crippen molar-refractivity contribution in [2.75, 3.05) is 11.5 Å². The average Bonchev–Trinajstić information content (AvgIpc) is 2.63. The van der Waals surface area contributed by atoms with E-state index >= 15 is 0 Å². The number of anilines is 2. The van der Waals surface area contributed by atoms with Crippen LogP contribution in [0, 0.1) is 0 Å². The summed E-state index contributed by atoms with van der Waals surface area (Å²) < 4.78 is 1.69. The lowest BCUT2D eigenvalue weighted by Gasteiger charge is -2.03. The highest BCUT2D eigenvalue weighted by atomic mass is 15.5. The molecule has 0 radical (unpaired) electrons. The maximum absolute atomic E-state index is 5.70. The first-order valence-corrected chi connectivity index (χ1v) is 4.63. The minimum atomic E-state index is 0.607. The summed E-state index contributed by atoms with van der Waals surface area (Å²) in [6, 6.07) is 5.30. The minimum Gasteiger partial charge on any atom is -0.399 e. The summed E-state index contributed by atoms with van der Waals surface area (Å²) in [5.41, 5.74) is 13.4. The van der Waals surface area contributed by atoms with Crippen molar-refractivity contribution in [2.45, 2.75) is 13.5 Å². The summed E-state index contributed by atoms with van der Waals surface area (Å²) in [5, 5.41) is 11.4. The van der Waals surface area contributed by atoms with E-state index in [1.807, 2.05) is 6.92 Å². The highest BCUT2D eigenvalue weighted by Crippen LogP contribution is 2.22. The van der Waals surface area contributed by atoms with Crippen LogP contribution in [-0.4, -0.2) is 20.2 Å². The Bertz CT molecular complexity index is 455. The molecule has 15 heavy (non-hydrogen) atoms. The number of benzene rings is 1. The summed E-state index contributed by atoms with van der Waals surface area (Å²) in [7, 11) is 0. The summed E-state index contributed by atoms with van der Waals surface area (Å²) in [4.78, 5) is 0. The lowest BCUT2D eigenvalue weighted by molar-refractivity contribution is 0.631. The molecule has 2 rings (SSSR count). The van der Waals surface area contributed by atoms with Gasteiger partial charge in [-0.25, -0.2) is 4.68 Å². The van der Waals surface area contributed by atoms with Crippen LogP contribution < -0.4 is 11.5 Å². The van der Waals surface area contributed by atoms with Crippen LogP contribution in [0.5, 0.6) is 0 Å². The fourth-order valence-corrected chi connectivity index (χ4v) is 1.43. The molecule has 0 atom stereocenters. The monoisotopic (exact) mass is 204 g/mol. The third-order valence-corrected chi connectivity index (χ3v) is 2.07. The topological polar surface area (TPSA) is 95.6 Å². The van der Waals surface area contributed by atoms with Crippen molar-refractivity contribution in [1.82, 2.24) is 20.2 Å². The number of hydrogen-bond donors (Lipinski definition) is 2. The maximum Gasteiger partial charge on any atom is 0.182 e. The van der Waals surface area contributed by atoms with E-state index in [0.717, 1.165) is 5.56 Å². The number of nitrogens with zero attached hydrogens (tertiary/aromatic N) is 4. The Morgan fingerprint density at radius 3 is 2.47 bits per heavy atom. The molecule has 0 fully saturated rings. The van der Waals surface area contributed by atoms with Gasteiger partial charge in [0.15, 0.2) is 5.82 Å². The number of aryl methyl sites for hydroxylation is 1. The summed E-state index contributed by atoms with van der Waals surface area (Å²) >= 11 is 0. The standard InChI is InChI=1S/C9H12N6/c1-2-15-9(12-13-14-15)6-3-7(10)5-8(11)4-6/h3-5H,2,10-11H2,1H3. The molecule has 6 nitrogen and oxygen atoms in total. The largest absolute Gasteiger partial charge is 0.399 e. The lowest BCUT2D eigenvalue weighted by atomic mass is 10.1. The second kappa shape index (κ2) is 3.56. The zero-order valence-corrected chi connectivity index (χ0v) is 8.38. The Morgan fingerprint density at radius 1 is 1.20 bits per heavy atom. The van der Waals surface area contributed by atoms with Gasteiger partial charge in [-0.1, -0.05) is 0 Å². The van der Waals surface area contributed by atoms with Gasteiger partial charge < -0.3 is 11.5 Å². The second-order valence-corrected chi connectivity index (χ2v) is 3.21. The van der Waals surface area contributed by atoms with Gasteiger partial charge in [-0.15, -0.1) is 5.10 Å². The van der Waals surface area contributed by atoms with Crippen LogP contribution in [0.2, 0.25) is 0 Å². The third kappa shape index (κ3) is 1.74. The molecular formula is C9H12N6. The molecular weight excluding hydrogens is 192 g/mol. The zero-order valence-electron chi connectivity index (χ0n) is 8.38. The van der Waals surface area contributed by atoms with Crippen molar-refractivity contribution in [2.24, 2.45) is 0 Å². The number of aromatic nitrogens is 4. The normalized spacial score (nSPS) is 10.5. The summed E-state index contributed by atoms with van der Waals surface area (Å²) in [5.74, 6) is 0.677. The quantitative estimate of drug-likeness (QED) is 0.695. The Hall–Kier alpha value is -2.11. The SMILES string of the molecule is CCn1nnnc1-c1cc(N)cc(N)c1. The van der Waals surface area contributed by atoms with Gasteiger partial charge in [-0.3, -0.25) is 0 Å². The molecule has 0 unspecified atom stereocenters. The molecule has 0 bridgehead atoms. The van der Waals surface area contributed by atoms with Gasteiger partial charge in [0.2, 0.25) is 0 Å². The lowest BCUT2D eigenvalue weighted by Crippen LogP contribution is -2.01. The van der Waals surface area contributed by atoms with Crippen LogP contribution in [0.15, 0.2) is 18.2 Å². The fourth-order valence-electron chi connectivity index (χ4n) is 1.43. The van der Waals surface area contributed by atoms with Crippen LogP contribution in [0.1, 0.15) is 6.92 Å². The van der Waals surface area contributed by atoms with Gasteiger partial charge in [-0.2, -0.15) is 0 Å². The van der Waals surface area contributed by atoms with E-state index in [-0.39, 0.29) is 0 Å². The van der Waals surface area contributed by atoms with Crippen molar-refractivity contribution in [3.8, 4) is 11.4 Å². The Labute approximate surface area is 86.9 Å². The van der Waals surface area contributed by atoms with E-state index in [1.165, 1.54) is 0 Å². The third-order valence-electron chi connectivity index (χ3n) is 2.07. The van der Waals surface area contributed by atoms with Crippen LogP contribution in [0.25, 0.3) is 11.4 Å². The van der Waals surface area contributed by atoms with E-state index in [0.29, 0.717) is 23.7 Å². The van der Waals surface area contributed by atoms with Gasteiger partial charge in [0.05, 0.1) is 0 Å². The fraction of sp³-hybridized carbons (Fsp3) is 0.222. The molecule has 78 valence electrons.